The molecule has 2 N–H and O–H groups in total. The van der Waals surface area contributed by atoms with Gasteiger partial charge in [-0.3, -0.25) is 19.5 Å². The molecule has 0 radical (unpaired) electrons. The number of pyridine rings is 1. The zero-order valence-electron chi connectivity index (χ0n) is 16.8. The molecule has 0 bridgehead atoms. The van der Waals surface area contributed by atoms with Gasteiger partial charge in [-0.05, 0) is 34.5 Å². The van der Waals surface area contributed by atoms with Gasteiger partial charge >= 0.3 is 0 Å². The average molecular weight is 422 g/mol. The van der Waals surface area contributed by atoms with E-state index in [4.69, 9.17) is 0 Å². The van der Waals surface area contributed by atoms with Gasteiger partial charge in [0.2, 0.25) is 0 Å². The van der Waals surface area contributed by atoms with E-state index in [1.54, 1.807) is 54.9 Å². The minimum Gasteiger partial charge on any atom is -0.507 e. The van der Waals surface area contributed by atoms with Gasteiger partial charge in [0.15, 0.2) is 0 Å². The van der Waals surface area contributed by atoms with E-state index >= 15 is 0 Å². The molecule has 6 heteroatoms. The number of ketones is 1. The van der Waals surface area contributed by atoms with Crippen molar-refractivity contribution in [3.8, 4) is 5.75 Å². The Bertz CT molecular complexity index is 1390. The number of hydrogen-bond donors (Lipinski definition) is 2. The van der Waals surface area contributed by atoms with Crippen LogP contribution in [0.25, 0.3) is 16.5 Å². The Kier molecular flexibility index (Phi) is 4.67. The van der Waals surface area contributed by atoms with Gasteiger partial charge in [0.1, 0.15) is 11.5 Å². The minimum atomic E-state index is -0.948. The number of para-hydroxylation sites is 2. The monoisotopic (exact) mass is 422 g/mol. The third-order valence-electron chi connectivity index (χ3n) is 5.63. The number of nitrogens with zero attached hydrogens (tertiary/aromatic N) is 2. The molecule has 1 aromatic heterocycles. The normalized spacial score (nSPS) is 17.8. The number of aliphatic hydroxyl groups excluding tert-OH is 1. The Morgan fingerprint density at radius 2 is 1.62 bits per heavy atom. The number of Topliss-reactive ketones (excluding diaryl/α,β-unsaturated/α-hetero) is 1. The predicted molar refractivity (Wildman–Crippen MR) is 121 cm³/mol. The molecule has 32 heavy (non-hydrogen) atoms. The summed E-state index contributed by atoms with van der Waals surface area (Å²) in [5.41, 5.74) is 1.12. The number of phenolic OH excluding ortho intramolecular Hbond substituents is 1. The highest BCUT2D eigenvalue weighted by atomic mass is 16.3. The molecule has 2 heterocycles. The fourth-order valence-electron chi connectivity index (χ4n) is 4.18. The molecule has 4 aromatic rings. The second-order valence-corrected chi connectivity index (χ2v) is 7.47. The van der Waals surface area contributed by atoms with Crippen LogP contribution in [-0.2, 0) is 9.59 Å². The Morgan fingerprint density at radius 3 is 2.41 bits per heavy atom. The Hall–Kier alpha value is -4.45. The second kappa shape index (κ2) is 7.67. The highest BCUT2D eigenvalue weighted by molar-refractivity contribution is 6.52. The van der Waals surface area contributed by atoms with E-state index in [0.717, 1.165) is 10.8 Å². The smallest absolute Gasteiger partial charge is 0.300 e. The standard InChI is InChI=1S/C26H18N2O4/c29-21-13-4-3-12-20(21)28-23(17-9-6-14-27-15-17)22(25(31)26(28)32)24(30)19-11-5-8-16-7-1-2-10-18(16)19/h1-15,23,29-30H/b24-22-. The fraction of sp³-hybridized carbons (Fsp3) is 0.0385. The summed E-state index contributed by atoms with van der Waals surface area (Å²) >= 11 is 0. The Labute approximate surface area is 183 Å². The third kappa shape index (κ3) is 3.01. The summed E-state index contributed by atoms with van der Waals surface area (Å²) in [6.45, 7) is 0. The lowest BCUT2D eigenvalue weighted by atomic mass is 9.94. The number of anilines is 1. The lowest BCUT2D eigenvalue weighted by molar-refractivity contribution is -0.132. The van der Waals surface area contributed by atoms with Crippen molar-refractivity contribution in [1.29, 1.82) is 0 Å². The van der Waals surface area contributed by atoms with Crippen LogP contribution in [0, 0.1) is 0 Å². The average Bonchev–Trinajstić information content (AvgIpc) is 3.09. The molecule has 156 valence electrons. The highest BCUT2D eigenvalue weighted by Gasteiger charge is 2.47. The van der Waals surface area contributed by atoms with Crippen LogP contribution in [0.3, 0.4) is 0 Å². The first-order valence-corrected chi connectivity index (χ1v) is 10.0. The van der Waals surface area contributed by atoms with Crippen molar-refractivity contribution in [2.24, 2.45) is 0 Å². The van der Waals surface area contributed by atoms with E-state index in [-0.39, 0.29) is 22.8 Å². The fourth-order valence-corrected chi connectivity index (χ4v) is 4.18. The summed E-state index contributed by atoms with van der Waals surface area (Å²) in [4.78, 5) is 31.7. The van der Waals surface area contributed by atoms with E-state index in [2.05, 4.69) is 4.98 Å². The summed E-state index contributed by atoms with van der Waals surface area (Å²) in [7, 11) is 0. The Balaban J connectivity index is 1.79. The summed E-state index contributed by atoms with van der Waals surface area (Å²) in [6.07, 6.45) is 3.13. The lowest BCUT2D eigenvalue weighted by Gasteiger charge is -2.25. The third-order valence-corrected chi connectivity index (χ3v) is 5.63. The van der Waals surface area contributed by atoms with Crippen molar-refractivity contribution in [2.45, 2.75) is 6.04 Å². The first kappa shape index (κ1) is 19.5. The zero-order valence-corrected chi connectivity index (χ0v) is 16.8. The van der Waals surface area contributed by atoms with Crippen molar-refractivity contribution in [1.82, 2.24) is 4.98 Å². The number of carbonyl (C=O) groups excluding carboxylic acids is 2. The van der Waals surface area contributed by atoms with Crippen molar-refractivity contribution in [3.05, 3.63) is 108 Å². The first-order valence-electron chi connectivity index (χ1n) is 10.0. The summed E-state index contributed by atoms with van der Waals surface area (Å²) in [5.74, 6) is -2.07. The topological polar surface area (TPSA) is 90.7 Å². The summed E-state index contributed by atoms with van der Waals surface area (Å²) in [6, 6.07) is 21.7. The summed E-state index contributed by atoms with van der Waals surface area (Å²) < 4.78 is 0. The SMILES string of the molecule is O=C1C(=O)N(c2ccccc2O)C(c2cccnc2)/C1=C(/O)c1cccc2ccccc12. The van der Waals surface area contributed by atoms with Gasteiger partial charge in [0.05, 0.1) is 17.3 Å². The number of aliphatic hydroxyl groups is 1. The van der Waals surface area contributed by atoms with E-state index in [1.165, 1.54) is 11.0 Å². The van der Waals surface area contributed by atoms with E-state index < -0.39 is 17.7 Å². The van der Waals surface area contributed by atoms with E-state index in [0.29, 0.717) is 11.1 Å². The quantitative estimate of drug-likeness (QED) is 0.287. The van der Waals surface area contributed by atoms with E-state index in [9.17, 15) is 19.8 Å². The number of aromatic hydroxyl groups is 1. The van der Waals surface area contributed by atoms with Gasteiger partial charge in [0, 0.05) is 18.0 Å². The van der Waals surface area contributed by atoms with Crippen LogP contribution in [0.1, 0.15) is 17.2 Å². The van der Waals surface area contributed by atoms with E-state index in [1.807, 2.05) is 30.3 Å². The van der Waals surface area contributed by atoms with Crippen LogP contribution >= 0.6 is 0 Å². The largest absolute Gasteiger partial charge is 0.507 e. The zero-order chi connectivity index (χ0) is 22.2. The molecule has 1 fully saturated rings. The van der Waals surface area contributed by atoms with Crippen LogP contribution in [-0.4, -0.2) is 26.9 Å². The predicted octanol–water partition coefficient (Wildman–Crippen LogP) is 4.57. The molecule has 6 nitrogen and oxygen atoms in total. The van der Waals surface area contributed by atoms with Crippen LogP contribution in [0.5, 0.6) is 5.75 Å². The number of phenols is 1. The Morgan fingerprint density at radius 1 is 0.875 bits per heavy atom. The number of carbonyl (C=O) groups is 2. The van der Waals surface area contributed by atoms with Crippen molar-refractivity contribution >= 4 is 33.9 Å². The molecule has 0 spiro atoms. The van der Waals surface area contributed by atoms with Crippen molar-refractivity contribution < 1.29 is 19.8 Å². The van der Waals surface area contributed by atoms with Crippen molar-refractivity contribution in [2.75, 3.05) is 4.90 Å². The molecule has 1 aliphatic heterocycles. The van der Waals surface area contributed by atoms with Crippen LogP contribution in [0.15, 0.2) is 96.8 Å². The van der Waals surface area contributed by atoms with Crippen LogP contribution in [0.4, 0.5) is 5.69 Å². The van der Waals surface area contributed by atoms with Crippen LogP contribution < -0.4 is 4.90 Å². The van der Waals surface area contributed by atoms with Gasteiger partial charge < -0.3 is 10.2 Å². The van der Waals surface area contributed by atoms with Gasteiger partial charge in [-0.1, -0.05) is 60.7 Å². The molecule has 1 unspecified atom stereocenters. The summed E-state index contributed by atoms with van der Waals surface area (Å²) in [5, 5.41) is 23.4. The first-order chi connectivity index (χ1) is 15.6. The molecule has 5 rings (SSSR count). The maximum absolute atomic E-state index is 13.2. The molecule has 1 atom stereocenters. The maximum atomic E-state index is 13.2. The second-order valence-electron chi connectivity index (χ2n) is 7.47. The molecule has 0 aliphatic carbocycles. The molecule has 0 saturated carbocycles. The number of hydrogen-bond acceptors (Lipinski definition) is 5. The number of amides is 1. The maximum Gasteiger partial charge on any atom is 0.300 e. The highest BCUT2D eigenvalue weighted by Crippen LogP contribution is 2.44. The van der Waals surface area contributed by atoms with Crippen molar-refractivity contribution in [3.63, 3.8) is 0 Å². The molecule has 1 saturated heterocycles. The number of benzene rings is 3. The van der Waals surface area contributed by atoms with Gasteiger partial charge in [-0.25, -0.2) is 0 Å². The number of rotatable bonds is 3. The molecule has 1 amide bonds. The molecular weight excluding hydrogens is 404 g/mol. The van der Waals surface area contributed by atoms with Gasteiger partial charge in [-0.15, -0.1) is 0 Å². The lowest BCUT2D eigenvalue weighted by Crippen LogP contribution is -2.29. The van der Waals surface area contributed by atoms with Gasteiger partial charge in [-0.2, -0.15) is 0 Å². The molecule has 1 aliphatic rings. The number of fused-ring (bicyclic) bond motifs is 1. The number of aromatic nitrogens is 1. The molecular formula is C26H18N2O4. The minimum absolute atomic E-state index is 0.0531. The van der Waals surface area contributed by atoms with Gasteiger partial charge in [0.25, 0.3) is 11.7 Å². The van der Waals surface area contributed by atoms with Crippen LogP contribution in [0.2, 0.25) is 0 Å². The molecule has 3 aromatic carbocycles.